The molecule has 5 heteroatoms. The number of amides is 1. The first-order valence-electron chi connectivity index (χ1n) is 6.12. The zero-order valence-corrected chi connectivity index (χ0v) is 11.3. The molecule has 2 aromatic rings. The van der Waals surface area contributed by atoms with Gasteiger partial charge in [-0.05, 0) is 31.2 Å². The number of aryl methyl sites for hydroxylation is 2. The first-order chi connectivity index (χ1) is 9.60. The summed E-state index contributed by atoms with van der Waals surface area (Å²) in [6, 6.07) is 8.87. The molecule has 1 heterocycles. The van der Waals surface area contributed by atoms with Crippen LogP contribution < -0.4 is 5.32 Å². The molecule has 0 saturated heterocycles. The summed E-state index contributed by atoms with van der Waals surface area (Å²) in [5.41, 5.74) is 2.67. The largest absolute Gasteiger partial charge is 0.384 e. The van der Waals surface area contributed by atoms with Gasteiger partial charge in [0.25, 0.3) is 5.91 Å². The molecule has 0 fully saturated rings. The van der Waals surface area contributed by atoms with Crippen LogP contribution in [-0.4, -0.2) is 27.4 Å². The topological polar surface area (TPSA) is 67.2 Å². The first-order valence-corrected chi connectivity index (χ1v) is 6.12. The minimum Gasteiger partial charge on any atom is -0.384 e. The van der Waals surface area contributed by atoms with Gasteiger partial charge in [-0.2, -0.15) is 5.10 Å². The number of aromatic nitrogens is 2. The second-order valence-corrected chi connectivity index (χ2v) is 4.29. The smallest absolute Gasteiger partial charge is 0.273 e. The van der Waals surface area contributed by atoms with Crippen LogP contribution in [0.15, 0.2) is 30.3 Å². The van der Waals surface area contributed by atoms with Gasteiger partial charge in [-0.15, -0.1) is 0 Å². The van der Waals surface area contributed by atoms with Crippen molar-refractivity contribution in [1.29, 1.82) is 0 Å². The van der Waals surface area contributed by atoms with Crippen molar-refractivity contribution in [2.45, 2.75) is 6.92 Å². The minimum atomic E-state index is -0.222. The molecule has 0 unspecified atom stereocenters. The molecule has 0 atom stereocenters. The molecule has 2 N–H and O–H groups in total. The lowest BCUT2D eigenvalue weighted by Crippen LogP contribution is -2.16. The molecule has 1 aromatic heterocycles. The minimum absolute atomic E-state index is 0.190. The number of nitrogens with one attached hydrogen (secondary N) is 1. The third-order valence-corrected chi connectivity index (χ3v) is 2.67. The highest BCUT2D eigenvalue weighted by atomic mass is 16.2. The molecule has 1 amide bonds. The number of anilines is 1. The molecule has 102 valence electrons. The summed E-state index contributed by atoms with van der Waals surface area (Å²) >= 11 is 0. The van der Waals surface area contributed by atoms with E-state index in [-0.39, 0.29) is 12.5 Å². The van der Waals surface area contributed by atoms with Crippen LogP contribution in [0.2, 0.25) is 0 Å². The molecule has 0 radical (unpaired) electrons. The highest BCUT2D eigenvalue weighted by molar-refractivity contribution is 6.03. The number of rotatable bonds is 2. The van der Waals surface area contributed by atoms with Crippen LogP contribution in [-0.2, 0) is 7.05 Å². The maximum Gasteiger partial charge on any atom is 0.273 e. The Morgan fingerprint density at radius 2 is 2.25 bits per heavy atom. The Morgan fingerprint density at radius 1 is 1.45 bits per heavy atom. The summed E-state index contributed by atoms with van der Waals surface area (Å²) in [4.78, 5) is 12.1. The van der Waals surface area contributed by atoms with Gasteiger partial charge in [-0.3, -0.25) is 9.48 Å². The standard InChI is InChI=1S/C15H15N3O2/c1-11-9-14(18(2)17-11)15(20)16-13-7-3-5-12(10-13)6-4-8-19/h3,5,7,9-10,19H,8H2,1-2H3,(H,16,20). The van der Waals surface area contributed by atoms with Gasteiger partial charge in [0.15, 0.2) is 0 Å². The van der Waals surface area contributed by atoms with E-state index < -0.39 is 0 Å². The van der Waals surface area contributed by atoms with Gasteiger partial charge in [0.05, 0.1) is 5.69 Å². The third-order valence-electron chi connectivity index (χ3n) is 2.67. The van der Waals surface area contributed by atoms with Crippen LogP contribution in [0.1, 0.15) is 21.7 Å². The quantitative estimate of drug-likeness (QED) is 0.808. The lowest BCUT2D eigenvalue weighted by Gasteiger charge is -2.05. The zero-order valence-electron chi connectivity index (χ0n) is 11.3. The van der Waals surface area contributed by atoms with Crippen molar-refractivity contribution in [3.05, 3.63) is 47.3 Å². The monoisotopic (exact) mass is 269 g/mol. The number of aliphatic hydroxyl groups excluding tert-OH is 1. The number of aliphatic hydroxyl groups is 1. The molecule has 1 aromatic carbocycles. The summed E-state index contributed by atoms with van der Waals surface area (Å²) in [7, 11) is 1.73. The van der Waals surface area contributed by atoms with Gasteiger partial charge in [-0.1, -0.05) is 17.9 Å². The van der Waals surface area contributed by atoms with Crippen molar-refractivity contribution in [2.75, 3.05) is 11.9 Å². The number of nitrogens with zero attached hydrogens (tertiary/aromatic N) is 2. The van der Waals surface area contributed by atoms with E-state index in [9.17, 15) is 4.79 Å². The molecule has 0 aliphatic heterocycles. The average molecular weight is 269 g/mol. The summed E-state index contributed by atoms with van der Waals surface area (Å²) in [6.07, 6.45) is 0. The lowest BCUT2D eigenvalue weighted by atomic mass is 10.2. The second kappa shape index (κ2) is 6.04. The van der Waals surface area contributed by atoms with E-state index in [4.69, 9.17) is 5.11 Å². The van der Waals surface area contributed by atoms with Gasteiger partial charge in [-0.25, -0.2) is 0 Å². The molecule has 2 rings (SSSR count). The highest BCUT2D eigenvalue weighted by Gasteiger charge is 2.11. The number of hydrogen-bond acceptors (Lipinski definition) is 3. The lowest BCUT2D eigenvalue weighted by molar-refractivity contribution is 0.101. The first kappa shape index (κ1) is 13.8. The van der Waals surface area contributed by atoms with Crippen LogP contribution in [0.3, 0.4) is 0 Å². The van der Waals surface area contributed by atoms with Gasteiger partial charge < -0.3 is 10.4 Å². The van der Waals surface area contributed by atoms with Crippen molar-refractivity contribution in [3.63, 3.8) is 0 Å². The molecular formula is C15H15N3O2. The van der Waals surface area contributed by atoms with Gasteiger partial charge >= 0.3 is 0 Å². The SMILES string of the molecule is Cc1cc(C(=O)Nc2cccc(C#CCO)c2)n(C)n1. The Bertz CT molecular complexity index is 693. The summed E-state index contributed by atoms with van der Waals surface area (Å²) in [5, 5.41) is 15.6. The summed E-state index contributed by atoms with van der Waals surface area (Å²) in [6.45, 7) is 1.65. The van der Waals surface area contributed by atoms with E-state index in [0.717, 1.165) is 11.3 Å². The summed E-state index contributed by atoms with van der Waals surface area (Å²) in [5.74, 6) is 5.14. The Kier molecular flexibility index (Phi) is 4.18. The van der Waals surface area contributed by atoms with E-state index in [2.05, 4.69) is 22.3 Å². The Morgan fingerprint density at radius 3 is 2.90 bits per heavy atom. The Balaban J connectivity index is 2.17. The van der Waals surface area contributed by atoms with E-state index in [1.54, 1.807) is 36.0 Å². The molecule has 0 saturated carbocycles. The molecule has 20 heavy (non-hydrogen) atoms. The Labute approximate surface area is 117 Å². The fourth-order valence-corrected chi connectivity index (χ4v) is 1.83. The molecule has 0 aliphatic rings. The predicted molar refractivity (Wildman–Crippen MR) is 76.3 cm³/mol. The number of carbonyl (C=O) groups is 1. The molecule has 0 aliphatic carbocycles. The fraction of sp³-hybridized carbons (Fsp3) is 0.200. The van der Waals surface area contributed by atoms with Gasteiger partial charge in [0.1, 0.15) is 12.3 Å². The molecule has 0 bridgehead atoms. The molecule has 0 spiro atoms. The van der Waals surface area contributed by atoms with Crippen LogP contribution in [0.4, 0.5) is 5.69 Å². The summed E-state index contributed by atoms with van der Waals surface area (Å²) < 4.78 is 1.54. The number of benzene rings is 1. The maximum atomic E-state index is 12.1. The highest BCUT2D eigenvalue weighted by Crippen LogP contribution is 2.12. The zero-order chi connectivity index (χ0) is 14.5. The van der Waals surface area contributed by atoms with Crippen molar-refractivity contribution in [2.24, 2.45) is 7.05 Å². The second-order valence-electron chi connectivity index (χ2n) is 4.29. The van der Waals surface area contributed by atoms with E-state index in [0.29, 0.717) is 11.4 Å². The van der Waals surface area contributed by atoms with Gasteiger partial charge in [0, 0.05) is 18.3 Å². The number of carbonyl (C=O) groups excluding carboxylic acids is 1. The normalized spacial score (nSPS) is 9.75. The third kappa shape index (κ3) is 3.25. The fourth-order valence-electron chi connectivity index (χ4n) is 1.83. The van der Waals surface area contributed by atoms with Crippen molar-refractivity contribution in [3.8, 4) is 11.8 Å². The van der Waals surface area contributed by atoms with Crippen molar-refractivity contribution >= 4 is 11.6 Å². The van der Waals surface area contributed by atoms with E-state index in [1.807, 2.05) is 13.0 Å². The van der Waals surface area contributed by atoms with E-state index in [1.165, 1.54) is 0 Å². The Hall–Kier alpha value is -2.58. The van der Waals surface area contributed by atoms with Crippen molar-refractivity contribution < 1.29 is 9.90 Å². The van der Waals surface area contributed by atoms with Crippen LogP contribution in [0.5, 0.6) is 0 Å². The van der Waals surface area contributed by atoms with Crippen LogP contribution >= 0.6 is 0 Å². The predicted octanol–water partition coefficient (Wildman–Crippen LogP) is 1.32. The van der Waals surface area contributed by atoms with Crippen LogP contribution in [0.25, 0.3) is 0 Å². The average Bonchev–Trinajstić information content (AvgIpc) is 2.76. The van der Waals surface area contributed by atoms with Gasteiger partial charge in [0.2, 0.25) is 0 Å². The van der Waals surface area contributed by atoms with Crippen LogP contribution in [0, 0.1) is 18.8 Å². The maximum absolute atomic E-state index is 12.1. The molecular weight excluding hydrogens is 254 g/mol. The number of hydrogen-bond donors (Lipinski definition) is 2. The van der Waals surface area contributed by atoms with Crippen molar-refractivity contribution in [1.82, 2.24) is 9.78 Å². The molecule has 5 nitrogen and oxygen atoms in total. The van der Waals surface area contributed by atoms with E-state index >= 15 is 0 Å².